The lowest BCUT2D eigenvalue weighted by molar-refractivity contribution is 0.136. The van der Waals surface area contributed by atoms with Gasteiger partial charge in [0.2, 0.25) is 0 Å². The van der Waals surface area contributed by atoms with Gasteiger partial charge < -0.3 is 15.4 Å². The third kappa shape index (κ3) is 4.83. The fourth-order valence-corrected chi connectivity index (χ4v) is 3.12. The fourth-order valence-electron chi connectivity index (χ4n) is 3.12. The molecule has 4 heteroatoms. The van der Waals surface area contributed by atoms with E-state index in [0.717, 1.165) is 24.9 Å². The first-order valence-electron chi connectivity index (χ1n) is 8.54. The minimum absolute atomic E-state index is 0.311. The summed E-state index contributed by atoms with van der Waals surface area (Å²) in [5.74, 6) is 0.473. The van der Waals surface area contributed by atoms with Gasteiger partial charge in [0, 0.05) is 12.6 Å². The molecule has 1 amide bonds. The number of nitrogens with one attached hydrogen (secondary N) is 2. The summed E-state index contributed by atoms with van der Waals surface area (Å²) in [6, 6.07) is 20.6. The number of carbonyl (C=O) groups is 1. The summed E-state index contributed by atoms with van der Waals surface area (Å²) < 4.78 is 5.26. The molecule has 4 nitrogen and oxygen atoms in total. The maximum absolute atomic E-state index is 11.9. The molecule has 0 spiro atoms. The van der Waals surface area contributed by atoms with Crippen molar-refractivity contribution in [2.24, 2.45) is 5.92 Å². The Kier molecular flexibility index (Phi) is 5.85. The zero-order valence-corrected chi connectivity index (χ0v) is 13.8. The number of alkyl carbamates (subject to hydrolysis) is 1. The number of benzene rings is 2. The molecule has 0 aromatic heterocycles. The van der Waals surface area contributed by atoms with E-state index in [9.17, 15) is 4.79 Å². The van der Waals surface area contributed by atoms with Crippen molar-refractivity contribution < 1.29 is 9.53 Å². The normalized spacial score (nSPS) is 20.3. The van der Waals surface area contributed by atoms with Crippen LogP contribution in [-0.4, -0.2) is 19.2 Å². The van der Waals surface area contributed by atoms with Crippen LogP contribution in [0.2, 0.25) is 0 Å². The average Bonchev–Trinajstić information content (AvgIpc) is 2.66. The molecule has 2 atom stereocenters. The van der Waals surface area contributed by atoms with Gasteiger partial charge in [-0.15, -0.1) is 0 Å². The van der Waals surface area contributed by atoms with Gasteiger partial charge in [0.25, 0.3) is 0 Å². The van der Waals surface area contributed by atoms with Crippen molar-refractivity contribution in [3.63, 3.8) is 0 Å². The van der Waals surface area contributed by atoms with Crippen LogP contribution in [0.15, 0.2) is 60.7 Å². The van der Waals surface area contributed by atoms with Crippen molar-refractivity contribution in [1.82, 2.24) is 10.6 Å². The Labute approximate surface area is 143 Å². The quantitative estimate of drug-likeness (QED) is 0.882. The number of rotatable bonds is 5. The Balaban J connectivity index is 1.42. The van der Waals surface area contributed by atoms with Gasteiger partial charge in [-0.3, -0.25) is 0 Å². The van der Waals surface area contributed by atoms with E-state index in [1.807, 2.05) is 36.4 Å². The van der Waals surface area contributed by atoms with Crippen LogP contribution in [-0.2, 0) is 11.3 Å². The third-order valence-corrected chi connectivity index (χ3v) is 4.46. The summed E-state index contributed by atoms with van der Waals surface area (Å²) in [5, 5.41) is 6.46. The maximum atomic E-state index is 11.9. The molecule has 1 heterocycles. The first-order chi connectivity index (χ1) is 11.8. The number of hydrogen-bond donors (Lipinski definition) is 2. The first-order valence-corrected chi connectivity index (χ1v) is 8.54. The van der Waals surface area contributed by atoms with Crippen molar-refractivity contribution in [2.45, 2.75) is 25.5 Å². The molecule has 1 aliphatic heterocycles. The first kappa shape index (κ1) is 16.5. The fraction of sp³-hybridized carbons (Fsp3) is 0.350. The van der Waals surface area contributed by atoms with Crippen LogP contribution in [0.1, 0.15) is 30.0 Å². The summed E-state index contributed by atoms with van der Waals surface area (Å²) in [6.45, 7) is 1.95. The molecule has 2 N–H and O–H groups in total. The second-order valence-electron chi connectivity index (χ2n) is 6.25. The number of carbonyl (C=O) groups excluding carboxylic acids is 1. The Morgan fingerprint density at radius 1 is 1.08 bits per heavy atom. The highest BCUT2D eigenvalue weighted by atomic mass is 16.5. The highest BCUT2D eigenvalue weighted by molar-refractivity contribution is 5.67. The Bertz CT molecular complexity index is 631. The lowest BCUT2D eigenvalue weighted by atomic mass is 9.89. The van der Waals surface area contributed by atoms with Gasteiger partial charge in [-0.05, 0) is 36.4 Å². The second kappa shape index (κ2) is 8.50. The number of amides is 1. The molecule has 0 aliphatic carbocycles. The molecule has 2 aromatic rings. The van der Waals surface area contributed by atoms with Crippen molar-refractivity contribution in [3.8, 4) is 0 Å². The number of piperidine rings is 1. The van der Waals surface area contributed by atoms with Crippen LogP contribution in [0, 0.1) is 5.92 Å². The zero-order valence-electron chi connectivity index (χ0n) is 13.8. The standard InChI is InChI=1S/C20H24N2O2/c23-20(24-15-16-7-3-1-4-8-16)22-14-17-11-12-21-19(13-17)18-9-5-2-6-10-18/h1-10,17,19,21H,11-15H2,(H,22,23)/t17-,19?/m1/s1. The Morgan fingerprint density at radius 2 is 1.79 bits per heavy atom. The zero-order chi connectivity index (χ0) is 16.6. The Hall–Kier alpha value is -2.33. The monoisotopic (exact) mass is 324 g/mol. The lowest BCUT2D eigenvalue weighted by Gasteiger charge is -2.30. The highest BCUT2D eigenvalue weighted by Gasteiger charge is 2.23. The predicted molar refractivity (Wildman–Crippen MR) is 94.5 cm³/mol. The van der Waals surface area contributed by atoms with Crippen molar-refractivity contribution in [2.75, 3.05) is 13.1 Å². The van der Waals surface area contributed by atoms with Gasteiger partial charge in [0.1, 0.15) is 6.61 Å². The van der Waals surface area contributed by atoms with Gasteiger partial charge >= 0.3 is 6.09 Å². The maximum Gasteiger partial charge on any atom is 0.407 e. The topological polar surface area (TPSA) is 50.4 Å². The molecule has 1 fully saturated rings. The molecular weight excluding hydrogens is 300 g/mol. The molecule has 2 aromatic carbocycles. The van der Waals surface area contributed by atoms with E-state index in [4.69, 9.17) is 4.74 Å². The largest absolute Gasteiger partial charge is 0.445 e. The van der Waals surface area contributed by atoms with Crippen LogP contribution >= 0.6 is 0 Å². The van der Waals surface area contributed by atoms with E-state index < -0.39 is 0 Å². The average molecular weight is 324 g/mol. The summed E-state index contributed by atoms with van der Waals surface area (Å²) >= 11 is 0. The van der Waals surface area contributed by atoms with Gasteiger partial charge in [0.05, 0.1) is 0 Å². The minimum Gasteiger partial charge on any atom is -0.445 e. The number of hydrogen-bond acceptors (Lipinski definition) is 3. The summed E-state index contributed by atoms with van der Waals surface area (Å²) in [7, 11) is 0. The van der Waals surface area contributed by atoms with Crippen molar-refractivity contribution in [1.29, 1.82) is 0 Å². The third-order valence-electron chi connectivity index (χ3n) is 4.46. The highest BCUT2D eigenvalue weighted by Crippen LogP contribution is 2.26. The van der Waals surface area contributed by atoms with Gasteiger partial charge in [-0.25, -0.2) is 4.79 Å². The molecule has 0 saturated carbocycles. The van der Waals surface area contributed by atoms with Crippen molar-refractivity contribution in [3.05, 3.63) is 71.8 Å². The SMILES string of the molecule is O=C(NC[C@@H]1CCNC(c2ccccc2)C1)OCc1ccccc1. The molecular formula is C20H24N2O2. The molecule has 1 saturated heterocycles. The Morgan fingerprint density at radius 3 is 2.54 bits per heavy atom. The molecule has 1 aliphatic rings. The van der Waals surface area contributed by atoms with E-state index in [0.29, 0.717) is 25.1 Å². The van der Waals surface area contributed by atoms with E-state index in [-0.39, 0.29) is 6.09 Å². The summed E-state index contributed by atoms with van der Waals surface area (Å²) in [5.41, 5.74) is 2.31. The van der Waals surface area contributed by atoms with Gasteiger partial charge in [0.15, 0.2) is 0 Å². The molecule has 1 unspecified atom stereocenters. The minimum atomic E-state index is -0.339. The molecule has 0 radical (unpaired) electrons. The van der Waals surface area contributed by atoms with E-state index in [1.165, 1.54) is 5.56 Å². The molecule has 3 rings (SSSR count). The molecule has 24 heavy (non-hydrogen) atoms. The summed E-state index contributed by atoms with van der Waals surface area (Å²) in [6.07, 6.45) is 1.76. The second-order valence-corrected chi connectivity index (χ2v) is 6.25. The van der Waals surface area contributed by atoms with E-state index >= 15 is 0 Å². The molecule has 126 valence electrons. The lowest BCUT2D eigenvalue weighted by Crippen LogP contribution is -2.38. The summed E-state index contributed by atoms with van der Waals surface area (Å²) in [4.78, 5) is 11.9. The van der Waals surface area contributed by atoms with E-state index in [2.05, 4.69) is 34.9 Å². The van der Waals surface area contributed by atoms with Gasteiger partial charge in [-0.2, -0.15) is 0 Å². The smallest absolute Gasteiger partial charge is 0.407 e. The van der Waals surface area contributed by atoms with Crippen molar-refractivity contribution >= 4 is 6.09 Å². The van der Waals surface area contributed by atoms with Gasteiger partial charge in [-0.1, -0.05) is 60.7 Å². The van der Waals surface area contributed by atoms with Crippen LogP contribution in [0.3, 0.4) is 0 Å². The predicted octanol–water partition coefficient (Wildman–Crippen LogP) is 3.65. The number of ether oxygens (including phenoxy) is 1. The van der Waals surface area contributed by atoms with Crippen LogP contribution in [0.4, 0.5) is 4.79 Å². The van der Waals surface area contributed by atoms with Crippen LogP contribution in [0.25, 0.3) is 0 Å². The van der Waals surface area contributed by atoms with Crippen LogP contribution < -0.4 is 10.6 Å². The molecule has 0 bridgehead atoms. The van der Waals surface area contributed by atoms with E-state index in [1.54, 1.807) is 0 Å². The van der Waals surface area contributed by atoms with Crippen LogP contribution in [0.5, 0.6) is 0 Å².